The summed E-state index contributed by atoms with van der Waals surface area (Å²) >= 11 is 0. The molecule has 130 valence electrons. The van der Waals surface area contributed by atoms with E-state index in [-0.39, 0.29) is 24.8 Å². The van der Waals surface area contributed by atoms with Gasteiger partial charge in [0.2, 0.25) is 13.3 Å². The standard InChI is InChI=1S/C15H31N2O4P/c1-11(2)13(16)14(19)17-10-12(18)9-15(22(3,20)21)7-5-4-6-8-15/h11-13,18H,4-10,16H2,1-3H3,(H,17,19)(H,20,21). The molecule has 7 heteroatoms. The lowest BCUT2D eigenvalue weighted by Crippen LogP contribution is -2.47. The molecule has 1 saturated carbocycles. The van der Waals surface area contributed by atoms with Crippen LogP contribution in [0.15, 0.2) is 0 Å². The third-order valence-electron chi connectivity index (χ3n) is 4.81. The molecule has 0 heterocycles. The van der Waals surface area contributed by atoms with Gasteiger partial charge < -0.3 is 21.1 Å². The summed E-state index contributed by atoms with van der Waals surface area (Å²) in [7, 11) is -3.31. The van der Waals surface area contributed by atoms with Crippen molar-refractivity contribution in [2.45, 2.75) is 69.7 Å². The lowest BCUT2D eigenvalue weighted by atomic mass is 9.84. The van der Waals surface area contributed by atoms with Crippen molar-refractivity contribution in [1.82, 2.24) is 5.32 Å². The van der Waals surface area contributed by atoms with Crippen molar-refractivity contribution < 1.29 is 19.4 Å². The van der Waals surface area contributed by atoms with Crippen molar-refractivity contribution in [3.63, 3.8) is 0 Å². The van der Waals surface area contributed by atoms with Crippen LogP contribution in [0.2, 0.25) is 0 Å². The van der Waals surface area contributed by atoms with E-state index in [1.165, 1.54) is 6.66 Å². The largest absolute Gasteiger partial charge is 0.391 e. The van der Waals surface area contributed by atoms with E-state index in [0.29, 0.717) is 12.8 Å². The molecule has 6 nitrogen and oxygen atoms in total. The maximum absolute atomic E-state index is 12.3. The van der Waals surface area contributed by atoms with Crippen LogP contribution in [0.25, 0.3) is 0 Å². The minimum atomic E-state index is -3.31. The van der Waals surface area contributed by atoms with E-state index in [2.05, 4.69) is 5.32 Å². The Morgan fingerprint density at radius 3 is 2.32 bits per heavy atom. The zero-order chi connectivity index (χ0) is 17.0. The molecule has 3 atom stereocenters. The van der Waals surface area contributed by atoms with Gasteiger partial charge >= 0.3 is 0 Å². The zero-order valence-electron chi connectivity index (χ0n) is 13.9. The summed E-state index contributed by atoms with van der Waals surface area (Å²) in [4.78, 5) is 21.9. The molecule has 1 fully saturated rings. The minimum Gasteiger partial charge on any atom is -0.391 e. The Morgan fingerprint density at radius 1 is 1.32 bits per heavy atom. The number of aliphatic hydroxyl groups is 1. The number of nitrogens with two attached hydrogens (primary N) is 1. The van der Waals surface area contributed by atoms with Gasteiger partial charge in [0.25, 0.3) is 0 Å². The first-order valence-electron chi connectivity index (χ1n) is 8.11. The third kappa shape index (κ3) is 5.05. The molecule has 0 spiro atoms. The molecular weight excluding hydrogens is 303 g/mol. The number of hydrogen-bond acceptors (Lipinski definition) is 4. The van der Waals surface area contributed by atoms with E-state index >= 15 is 0 Å². The monoisotopic (exact) mass is 334 g/mol. The van der Waals surface area contributed by atoms with Crippen molar-refractivity contribution in [3.05, 3.63) is 0 Å². The van der Waals surface area contributed by atoms with Crippen molar-refractivity contribution in [3.8, 4) is 0 Å². The molecule has 22 heavy (non-hydrogen) atoms. The van der Waals surface area contributed by atoms with Crippen LogP contribution in [-0.2, 0) is 9.36 Å². The molecule has 0 aromatic rings. The summed E-state index contributed by atoms with van der Waals surface area (Å²) in [6.07, 6.45) is 3.63. The average molecular weight is 334 g/mol. The van der Waals surface area contributed by atoms with Gasteiger partial charge in [0.15, 0.2) is 0 Å². The van der Waals surface area contributed by atoms with Gasteiger partial charge in [0.05, 0.1) is 12.1 Å². The van der Waals surface area contributed by atoms with Gasteiger partial charge in [0.1, 0.15) is 0 Å². The topological polar surface area (TPSA) is 113 Å². The van der Waals surface area contributed by atoms with Gasteiger partial charge in [0, 0.05) is 18.4 Å². The molecule has 1 aliphatic rings. The van der Waals surface area contributed by atoms with Crippen LogP contribution in [0.4, 0.5) is 0 Å². The number of rotatable bonds is 7. The Hall–Kier alpha value is -0.420. The Bertz CT molecular complexity index is 416. The van der Waals surface area contributed by atoms with Gasteiger partial charge in [-0.05, 0) is 25.2 Å². The average Bonchev–Trinajstić information content (AvgIpc) is 2.43. The molecule has 1 aliphatic carbocycles. The summed E-state index contributed by atoms with van der Waals surface area (Å²) in [5.41, 5.74) is 5.75. The first-order chi connectivity index (χ1) is 10.1. The Morgan fingerprint density at radius 2 is 1.86 bits per heavy atom. The number of carbonyl (C=O) groups excluding carboxylic acids is 1. The van der Waals surface area contributed by atoms with E-state index in [0.717, 1.165) is 19.3 Å². The second-order valence-electron chi connectivity index (χ2n) is 7.04. The fraction of sp³-hybridized carbons (Fsp3) is 0.933. The van der Waals surface area contributed by atoms with Crippen LogP contribution in [-0.4, -0.2) is 46.4 Å². The predicted molar refractivity (Wildman–Crippen MR) is 88.0 cm³/mol. The molecule has 0 radical (unpaired) electrons. The molecule has 0 aromatic carbocycles. The quantitative estimate of drug-likeness (QED) is 0.526. The Kier molecular flexibility index (Phi) is 7.06. The molecule has 5 N–H and O–H groups in total. The molecule has 0 bridgehead atoms. The highest BCUT2D eigenvalue weighted by atomic mass is 31.2. The number of hydrogen-bond donors (Lipinski definition) is 4. The number of nitrogens with one attached hydrogen (secondary N) is 1. The minimum absolute atomic E-state index is 0.0233. The fourth-order valence-electron chi connectivity index (χ4n) is 3.15. The fourth-order valence-corrected chi connectivity index (χ4v) is 4.84. The smallest absolute Gasteiger partial charge is 0.237 e. The SMILES string of the molecule is CC(C)C(N)C(=O)NCC(O)CC1(P(C)(=O)O)CCCCC1. The Balaban J connectivity index is 2.60. The summed E-state index contributed by atoms with van der Waals surface area (Å²) in [6.45, 7) is 5.17. The number of carbonyl (C=O) groups is 1. The number of aliphatic hydroxyl groups excluding tert-OH is 1. The highest BCUT2D eigenvalue weighted by molar-refractivity contribution is 7.58. The van der Waals surface area contributed by atoms with Crippen LogP contribution in [0.5, 0.6) is 0 Å². The second kappa shape index (κ2) is 7.91. The zero-order valence-corrected chi connectivity index (χ0v) is 14.8. The van der Waals surface area contributed by atoms with E-state index in [4.69, 9.17) is 5.73 Å². The molecule has 0 aliphatic heterocycles. The molecule has 0 saturated heterocycles. The van der Waals surface area contributed by atoms with Crippen LogP contribution >= 0.6 is 7.37 Å². The predicted octanol–water partition coefficient (Wildman–Crippen LogP) is 1.44. The van der Waals surface area contributed by atoms with Crippen molar-refractivity contribution in [1.29, 1.82) is 0 Å². The lowest BCUT2D eigenvalue weighted by Gasteiger charge is -2.40. The normalized spacial score (nSPS) is 23.6. The molecule has 0 aromatic heterocycles. The van der Waals surface area contributed by atoms with Gasteiger partial charge in [-0.3, -0.25) is 9.36 Å². The highest BCUT2D eigenvalue weighted by Gasteiger charge is 2.45. The number of amides is 1. The first kappa shape index (κ1) is 19.6. The third-order valence-corrected chi connectivity index (χ3v) is 7.20. The van der Waals surface area contributed by atoms with E-state index in [1.807, 2.05) is 13.8 Å². The molecule has 1 amide bonds. The van der Waals surface area contributed by atoms with Crippen LogP contribution in [0.1, 0.15) is 52.4 Å². The Labute approximate surface area is 133 Å². The van der Waals surface area contributed by atoms with E-state index < -0.39 is 24.7 Å². The molecule has 1 rings (SSSR count). The van der Waals surface area contributed by atoms with Crippen LogP contribution < -0.4 is 11.1 Å². The van der Waals surface area contributed by atoms with Gasteiger partial charge in [-0.1, -0.05) is 33.1 Å². The summed E-state index contributed by atoms with van der Waals surface area (Å²) in [6, 6.07) is -0.606. The lowest BCUT2D eigenvalue weighted by molar-refractivity contribution is -0.123. The van der Waals surface area contributed by atoms with E-state index in [9.17, 15) is 19.4 Å². The maximum Gasteiger partial charge on any atom is 0.237 e. The summed E-state index contributed by atoms with van der Waals surface area (Å²) in [5.74, 6) is -0.273. The van der Waals surface area contributed by atoms with Gasteiger partial charge in [-0.2, -0.15) is 0 Å². The van der Waals surface area contributed by atoms with E-state index in [1.54, 1.807) is 0 Å². The van der Waals surface area contributed by atoms with Crippen molar-refractivity contribution in [2.75, 3.05) is 13.2 Å². The summed E-state index contributed by atoms with van der Waals surface area (Å²) in [5, 5.41) is 12.1. The first-order valence-corrected chi connectivity index (χ1v) is 10.2. The van der Waals surface area contributed by atoms with Crippen molar-refractivity contribution in [2.24, 2.45) is 11.7 Å². The van der Waals surface area contributed by atoms with Crippen molar-refractivity contribution >= 4 is 13.3 Å². The van der Waals surface area contributed by atoms with Gasteiger partial charge in [-0.15, -0.1) is 0 Å². The highest BCUT2D eigenvalue weighted by Crippen LogP contribution is 2.60. The maximum atomic E-state index is 12.3. The molecular formula is C15H31N2O4P. The van der Waals surface area contributed by atoms with Crippen LogP contribution in [0.3, 0.4) is 0 Å². The van der Waals surface area contributed by atoms with Crippen LogP contribution in [0, 0.1) is 5.92 Å². The molecule has 3 unspecified atom stereocenters. The second-order valence-corrected chi connectivity index (χ2v) is 9.74. The van der Waals surface area contributed by atoms with Gasteiger partial charge in [-0.25, -0.2) is 0 Å². The summed E-state index contributed by atoms with van der Waals surface area (Å²) < 4.78 is 12.3.